The molecule has 1 aromatic carbocycles. The van der Waals surface area contributed by atoms with E-state index in [4.69, 9.17) is 9.26 Å². The third kappa shape index (κ3) is 3.77. The van der Waals surface area contributed by atoms with Gasteiger partial charge in [-0.3, -0.25) is 4.79 Å². The van der Waals surface area contributed by atoms with Gasteiger partial charge >= 0.3 is 5.97 Å². The smallest absolute Gasteiger partial charge is 0.350 e. The number of nitrogens with zero attached hydrogens (tertiary/aromatic N) is 1. The van der Waals surface area contributed by atoms with Crippen molar-refractivity contribution in [1.82, 2.24) is 5.16 Å². The number of esters is 1. The molecule has 0 aliphatic carbocycles. The lowest BCUT2D eigenvalue weighted by atomic mass is 10.2. The Labute approximate surface area is 148 Å². The Morgan fingerprint density at radius 3 is 2.64 bits per heavy atom. The highest BCUT2D eigenvalue weighted by Crippen LogP contribution is 2.35. The summed E-state index contributed by atoms with van der Waals surface area (Å²) in [7, 11) is 0. The number of benzene rings is 1. The van der Waals surface area contributed by atoms with Gasteiger partial charge in [-0.25, -0.2) is 4.79 Å². The molecule has 0 atom stereocenters. The summed E-state index contributed by atoms with van der Waals surface area (Å²) in [6.45, 7) is 3.69. The van der Waals surface area contributed by atoms with E-state index in [9.17, 15) is 9.59 Å². The lowest BCUT2D eigenvalue weighted by molar-refractivity contribution is 0.0533. The molecule has 0 saturated heterocycles. The van der Waals surface area contributed by atoms with Crippen LogP contribution in [0.5, 0.6) is 0 Å². The first-order valence-corrected chi connectivity index (χ1v) is 8.51. The van der Waals surface area contributed by atoms with Crippen LogP contribution in [0.2, 0.25) is 0 Å². The number of amides is 1. The molecule has 0 saturated carbocycles. The molecule has 0 fully saturated rings. The molecule has 2 aromatic heterocycles. The third-order valence-corrected chi connectivity index (χ3v) is 4.52. The summed E-state index contributed by atoms with van der Waals surface area (Å²) in [5.74, 6) is -0.382. The van der Waals surface area contributed by atoms with Crippen LogP contribution in [-0.4, -0.2) is 23.6 Å². The van der Waals surface area contributed by atoms with Gasteiger partial charge in [0.05, 0.1) is 12.3 Å². The van der Waals surface area contributed by atoms with Crippen molar-refractivity contribution in [3.63, 3.8) is 0 Å². The molecular formula is C18H16N2O4S. The van der Waals surface area contributed by atoms with Crippen molar-refractivity contribution in [3.05, 3.63) is 58.8 Å². The third-order valence-electron chi connectivity index (χ3n) is 3.36. The highest BCUT2D eigenvalue weighted by molar-refractivity contribution is 7.18. The molecule has 25 heavy (non-hydrogen) atoms. The molecule has 2 heterocycles. The first-order chi connectivity index (χ1) is 12.1. The minimum atomic E-state index is -0.471. The summed E-state index contributed by atoms with van der Waals surface area (Å²) >= 11 is 1.27. The van der Waals surface area contributed by atoms with Crippen molar-refractivity contribution >= 4 is 28.9 Å². The number of anilines is 1. The Kier molecular flexibility index (Phi) is 4.95. The van der Waals surface area contributed by atoms with Crippen molar-refractivity contribution in [2.75, 3.05) is 11.9 Å². The highest BCUT2D eigenvalue weighted by atomic mass is 32.1. The summed E-state index contributed by atoms with van der Waals surface area (Å²) in [4.78, 5) is 25.8. The Morgan fingerprint density at radius 2 is 2.00 bits per heavy atom. The Balaban J connectivity index is 1.94. The van der Waals surface area contributed by atoms with Crippen LogP contribution in [0.15, 0.2) is 47.0 Å². The molecule has 128 valence electrons. The van der Waals surface area contributed by atoms with Crippen LogP contribution in [0.1, 0.15) is 32.8 Å². The quantitative estimate of drug-likeness (QED) is 0.695. The van der Waals surface area contributed by atoms with Crippen molar-refractivity contribution in [3.8, 4) is 10.4 Å². The maximum atomic E-state index is 12.3. The number of rotatable bonds is 5. The van der Waals surface area contributed by atoms with Gasteiger partial charge in [-0.05, 0) is 25.5 Å². The summed E-state index contributed by atoms with van der Waals surface area (Å²) < 4.78 is 10.0. The van der Waals surface area contributed by atoms with Crippen LogP contribution < -0.4 is 5.32 Å². The maximum Gasteiger partial charge on any atom is 0.350 e. The van der Waals surface area contributed by atoms with Crippen molar-refractivity contribution in [2.24, 2.45) is 0 Å². The predicted octanol–water partition coefficient (Wildman–Crippen LogP) is 4.14. The molecule has 3 rings (SSSR count). The number of carbonyl (C=O) groups excluding carboxylic acids is 2. The molecule has 3 aromatic rings. The number of carbonyl (C=O) groups is 2. The molecule has 0 aliphatic rings. The molecule has 1 N–H and O–H groups in total. The van der Waals surface area contributed by atoms with E-state index in [1.807, 2.05) is 30.3 Å². The fourth-order valence-corrected chi connectivity index (χ4v) is 3.25. The zero-order chi connectivity index (χ0) is 17.8. The number of hydrogen-bond donors (Lipinski definition) is 1. The van der Waals surface area contributed by atoms with Gasteiger partial charge in [0.15, 0.2) is 5.69 Å². The van der Waals surface area contributed by atoms with Crippen LogP contribution >= 0.6 is 11.3 Å². The zero-order valence-electron chi connectivity index (χ0n) is 13.7. The summed E-state index contributed by atoms with van der Waals surface area (Å²) in [5, 5.41) is 6.41. The van der Waals surface area contributed by atoms with E-state index in [-0.39, 0.29) is 12.3 Å². The largest absolute Gasteiger partial charge is 0.462 e. The Morgan fingerprint density at radius 1 is 1.24 bits per heavy atom. The first kappa shape index (κ1) is 16.9. The molecule has 0 unspecified atom stereocenters. The Hall–Kier alpha value is -2.93. The van der Waals surface area contributed by atoms with E-state index < -0.39 is 11.9 Å². The van der Waals surface area contributed by atoms with Gasteiger partial charge in [0.25, 0.3) is 5.91 Å². The second-order valence-corrected chi connectivity index (χ2v) is 6.27. The Bertz CT molecular complexity index is 899. The van der Waals surface area contributed by atoms with Crippen LogP contribution in [0.25, 0.3) is 10.4 Å². The maximum absolute atomic E-state index is 12.3. The van der Waals surface area contributed by atoms with Crippen molar-refractivity contribution in [1.29, 1.82) is 0 Å². The molecule has 0 bridgehead atoms. The van der Waals surface area contributed by atoms with E-state index in [1.54, 1.807) is 19.9 Å². The van der Waals surface area contributed by atoms with E-state index in [2.05, 4.69) is 10.5 Å². The van der Waals surface area contributed by atoms with E-state index >= 15 is 0 Å². The normalized spacial score (nSPS) is 10.5. The van der Waals surface area contributed by atoms with Gasteiger partial charge in [0.1, 0.15) is 10.6 Å². The molecule has 1 amide bonds. The van der Waals surface area contributed by atoms with Crippen molar-refractivity contribution in [2.45, 2.75) is 13.8 Å². The number of nitrogens with one attached hydrogen (secondary N) is 1. The minimum Gasteiger partial charge on any atom is -0.462 e. The second kappa shape index (κ2) is 7.31. The van der Waals surface area contributed by atoms with E-state index in [0.717, 1.165) is 10.4 Å². The standard InChI is InChI=1S/C18H16N2O4S/c1-3-23-18(22)16-13(19-17(21)14-9-11(2)24-20-14)10-15(25-16)12-7-5-4-6-8-12/h4-10H,3H2,1-2H3,(H,19,21). The lowest BCUT2D eigenvalue weighted by Gasteiger charge is -2.04. The van der Waals surface area contributed by atoms with Gasteiger partial charge in [0.2, 0.25) is 0 Å². The summed E-state index contributed by atoms with van der Waals surface area (Å²) in [6, 6.07) is 12.9. The van der Waals surface area contributed by atoms with Gasteiger partial charge in [-0.1, -0.05) is 35.5 Å². The molecule has 0 aliphatic heterocycles. The first-order valence-electron chi connectivity index (χ1n) is 7.69. The number of aryl methyl sites for hydroxylation is 1. The van der Waals surface area contributed by atoms with Gasteiger partial charge in [-0.15, -0.1) is 11.3 Å². The van der Waals surface area contributed by atoms with Gasteiger partial charge < -0.3 is 14.6 Å². The van der Waals surface area contributed by atoms with Crippen molar-refractivity contribution < 1.29 is 18.8 Å². The van der Waals surface area contributed by atoms with Crippen LogP contribution in [0.4, 0.5) is 5.69 Å². The SMILES string of the molecule is CCOC(=O)c1sc(-c2ccccc2)cc1NC(=O)c1cc(C)on1. The molecular weight excluding hydrogens is 340 g/mol. The molecule has 6 nitrogen and oxygen atoms in total. The fourth-order valence-electron chi connectivity index (χ4n) is 2.24. The van der Waals surface area contributed by atoms with Crippen LogP contribution in [0, 0.1) is 6.92 Å². The zero-order valence-corrected chi connectivity index (χ0v) is 14.6. The van der Waals surface area contributed by atoms with Gasteiger partial charge in [0, 0.05) is 10.9 Å². The van der Waals surface area contributed by atoms with Crippen LogP contribution in [0.3, 0.4) is 0 Å². The second-order valence-electron chi connectivity index (χ2n) is 5.22. The number of ether oxygens (including phenoxy) is 1. The van der Waals surface area contributed by atoms with E-state index in [0.29, 0.717) is 16.3 Å². The van der Waals surface area contributed by atoms with Crippen LogP contribution in [-0.2, 0) is 4.74 Å². The lowest BCUT2D eigenvalue weighted by Crippen LogP contribution is -2.14. The topological polar surface area (TPSA) is 81.4 Å². The monoisotopic (exact) mass is 356 g/mol. The summed E-state index contributed by atoms with van der Waals surface area (Å²) in [6.07, 6.45) is 0. The summed E-state index contributed by atoms with van der Waals surface area (Å²) in [5.41, 5.74) is 1.50. The average Bonchev–Trinajstić information content (AvgIpc) is 3.22. The molecule has 0 spiro atoms. The predicted molar refractivity (Wildman–Crippen MR) is 94.9 cm³/mol. The number of thiophene rings is 1. The molecule has 7 heteroatoms. The minimum absolute atomic E-state index is 0.153. The average molecular weight is 356 g/mol. The van der Waals surface area contributed by atoms with E-state index in [1.165, 1.54) is 17.4 Å². The number of aromatic nitrogens is 1. The fraction of sp³-hybridized carbons (Fsp3) is 0.167. The highest BCUT2D eigenvalue weighted by Gasteiger charge is 2.21. The molecule has 0 radical (unpaired) electrons. The number of hydrogen-bond acceptors (Lipinski definition) is 6. The van der Waals surface area contributed by atoms with Gasteiger partial charge in [-0.2, -0.15) is 0 Å².